The van der Waals surface area contributed by atoms with Gasteiger partial charge in [-0.05, 0) is 61.6 Å². The van der Waals surface area contributed by atoms with Crippen molar-refractivity contribution in [2.75, 3.05) is 32.1 Å². The van der Waals surface area contributed by atoms with Gasteiger partial charge in [0.25, 0.3) is 5.56 Å². The van der Waals surface area contributed by atoms with Gasteiger partial charge in [-0.15, -0.1) is 0 Å². The van der Waals surface area contributed by atoms with Crippen molar-refractivity contribution in [1.29, 1.82) is 0 Å². The molecule has 198 valence electrons. The summed E-state index contributed by atoms with van der Waals surface area (Å²) in [7, 11) is 4.06. The maximum Gasteiger partial charge on any atom is 0.270 e. The molecule has 1 N–H and O–H groups in total. The Morgan fingerprint density at radius 3 is 2.53 bits per heavy atom. The molecule has 0 atom stereocenters. The number of carbonyl (C=O) groups excluding carboxylic acids is 1. The van der Waals surface area contributed by atoms with Crippen LogP contribution in [0.1, 0.15) is 56.1 Å². The van der Waals surface area contributed by atoms with Crippen molar-refractivity contribution in [3.8, 4) is 0 Å². The number of likely N-dealkylation sites (tertiary alicyclic amines) is 1. The highest BCUT2D eigenvalue weighted by molar-refractivity contribution is 5.92. The highest BCUT2D eigenvalue weighted by Gasteiger charge is 2.20. The number of rotatable bonds is 10. The van der Waals surface area contributed by atoms with Crippen molar-refractivity contribution >= 4 is 45.8 Å². The Bertz CT molecular complexity index is 1530. The number of unbranched alkanes of at least 4 members (excludes halogenated alkanes) is 1. The number of nitrogens with zero attached hydrogens (tertiary/aromatic N) is 5. The Labute approximate surface area is 223 Å². The highest BCUT2D eigenvalue weighted by Crippen LogP contribution is 2.24. The molecule has 8 nitrogen and oxygen atoms in total. The van der Waals surface area contributed by atoms with E-state index >= 15 is 0 Å². The molecule has 1 aliphatic heterocycles. The van der Waals surface area contributed by atoms with Gasteiger partial charge in [-0.2, -0.15) is 0 Å². The number of fused-ring (bicyclic) bond motifs is 2. The molecule has 2 aromatic heterocycles. The van der Waals surface area contributed by atoms with Gasteiger partial charge in [0, 0.05) is 45.8 Å². The molecule has 4 aromatic rings. The van der Waals surface area contributed by atoms with Gasteiger partial charge >= 0.3 is 0 Å². The zero-order valence-corrected chi connectivity index (χ0v) is 22.5. The number of carbonyl (C=O) groups is 1. The van der Waals surface area contributed by atoms with Crippen LogP contribution < -0.4 is 10.5 Å². The third-order valence-electron chi connectivity index (χ3n) is 7.24. The normalized spacial score (nSPS) is 14.0. The second-order valence-corrected chi connectivity index (χ2v) is 10.3. The number of H-pyrrole nitrogens is 1. The van der Waals surface area contributed by atoms with E-state index in [1.807, 2.05) is 37.2 Å². The fraction of sp³-hybridized carbons (Fsp3) is 0.400. The number of anilines is 1. The van der Waals surface area contributed by atoms with E-state index in [4.69, 9.17) is 9.97 Å². The van der Waals surface area contributed by atoms with Gasteiger partial charge in [-0.25, -0.2) is 9.97 Å². The van der Waals surface area contributed by atoms with Gasteiger partial charge in [0.1, 0.15) is 11.5 Å². The maximum atomic E-state index is 12.6. The average molecular weight is 513 g/mol. The first-order valence-electron chi connectivity index (χ1n) is 13.6. The van der Waals surface area contributed by atoms with Crippen LogP contribution in [0, 0.1) is 0 Å². The largest absolute Gasteiger partial charge is 0.378 e. The number of aryl methyl sites for hydroxylation is 2. The fourth-order valence-electron chi connectivity index (χ4n) is 5.05. The summed E-state index contributed by atoms with van der Waals surface area (Å²) >= 11 is 0. The monoisotopic (exact) mass is 512 g/mol. The molecule has 0 radical (unpaired) electrons. The van der Waals surface area contributed by atoms with E-state index in [2.05, 4.69) is 51.7 Å². The number of imidazole rings is 1. The maximum absolute atomic E-state index is 12.6. The molecule has 1 aliphatic rings. The lowest BCUT2D eigenvalue weighted by Gasteiger charge is -2.16. The fourth-order valence-corrected chi connectivity index (χ4v) is 5.05. The minimum absolute atomic E-state index is 0.124. The number of benzene rings is 2. The van der Waals surface area contributed by atoms with Gasteiger partial charge < -0.3 is 19.4 Å². The summed E-state index contributed by atoms with van der Waals surface area (Å²) in [6.45, 7) is 4.44. The summed E-state index contributed by atoms with van der Waals surface area (Å²) < 4.78 is 2.21. The molecule has 38 heavy (non-hydrogen) atoms. The van der Waals surface area contributed by atoms with Crippen LogP contribution in [0.3, 0.4) is 0 Å². The minimum Gasteiger partial charge on any atom is -0.378 e. The quantitative estimate of drug-likeness (QED) is 0.328. The van der Waals surface area contributed by atoms with Gasteiger partial charge in [-0.1, -0.05) is 31.6 Å². The Morgan fingerprint density at radius 2 is 1.82 bits per heavy atom. The van der Waals surface area contributed by atoms with Crippen molar-refractivity contribution in [3.63, 3.8) is 0 Å². The molecule has 0 aliphatic carbocycles. The van der Waals surface area contributed by atoms with Crippen LogP contribution in [-0.2, 0) is 17.8 Å². The third kappa shape index (κ3) is 5.49. The van der Waals surface area contributed by atoms with Gasteiger partial charge in [0.2, 0.25) is 5.91 Å². The molecule has 0 saturated carbocycles. The van der Waals surface area contributed by atoms with Gasteiger partial charge in [0.15, 0.2) is 0 Å². The topological polar surface area (TPSA) is 87.1 Å². The molecule has 5 rings (SSSR count). The second kappa shape index (κ2) is 11.2. The molecular weight excluding hydrogens is 476 g/mol. The van der Waals surface area contributed by atoms with Crippen LogP contribution in [0.5, 0.6) is 0 Å². The summed E-state index contributed by atoms with van der Waals surface area (Å²) in [6.07, 6.45) is 9.18. The SMILES string of the molecule is CCCCc1nc2cc3c(cc2[nH]c1=O)nc(/C=C/c1ccc(N(C)C)cc1)n3CCCN1CCCC1=O. The lowest BCUT2D eigenvalue weighted by molar-refractivity contribution is -0.127. The lowest BCUT2D eigenvalue weighted by Crippen LogP contribution is -2.26. The summed E-state index contributed by atoms with van der Waals surface area (Å²) in [6, 6.07) is 12.3. The predicted octanol–water partition coefficient (Wildman–Crippen LogP) is 4.86. The van der Waals surface area contributed by atoms with Crippen molar-refractivity contribution in [2.45, 2.75) is 52.0 Å². The molecular formula is C30H36N6O2. The van der Waals surface area contributed by atoms with Crippen molar-refractivity contribution in [1.82, 2.24) is 24.4 Å². The minimum atomic E-state index is -0.124. The summed E-state index contributed by atoms with van der Waals surface area (Å²) in [5.41, 5.74) is 5.97. The molecule has 1 saturated heterocycles. The average Bonchev–Trinajstić information content (AvgIpc) is 3.47. The van der Waals surface area contributed by atoms with E-state index < -0.39 is 0 Å². The van der Waals surface area contributed by atoms with E-state index in [-0.39, 0.29) is 11.5 Å². The second-order valence-electron chi connectivity index (χ2n) is 10.3. The van der Waals surface area contributed by atoms with Crippen LogP contribution in [0.25, 0.3) is 34.2 Å². The molecule has 0 unspecified atom stereocenters. The Kier molecular flexibility index (Phi) is 7.58. The van der Waals surface area contributed by atoms with Crippen LogP contribution in [0.2, 0.25) is 0 Å². The first-order valence-corrected chi connectivity index (χ1v) is 13.6. The molecule has 1 fully saturated rings. The number of nitrogens with one attached hydrogen (secondary N) is 1. The molecule has 1 amide bonds. The van der Waals surface area contributed by atoms with E-state index in [1.54, 1.807) is 0 Å². The van der Waals surface area contributed by atoms with E-state index in [9.17, 15) is 9.59 Å². The predicted molar refractivity (Wildman–Crippen MR) is 154 cm³/mol. The molecule has 8 heteroatoms. The lowest BCUT2D eigenvalue weighted by atomic mass is 10.2. The Hall–Kier alpha value is -3.94. The van der Waals surface area contributed by atoms with Crippen LogP contribution >= 0.6 is 0 Å². The van der Waals surface area contributed by atoms with Crippen LogP contribution in [-0.4, -0.2) is 57.5 Å². The zero-order chi connectivity index (χ0) is 26.6. The molecule has 0 spiro atoms. The third-order valence-corrected chi connectivity index (χ3v) is 7.24. The van der Waals surface area contributed by atoms with E-state index in [0.29, 0.717) is 24.1 Å². The smallest absolute Gasteiger partial charge is 0.270 e. The van der Waals surface area contributed by atoms with E-state index in [0.717, 1.165) is 78.9 Å². The number of amides is 1. The Balaban J connectivity index is 1.50. The summed E-state index contributed by atoms with van der Waals surface area (Å²) in [5.74, 6) is 1.09. The number of aromatic amines is 1. The standard InChI is InChI=1S/C30H36N6O2/c1-4-5-8-23-30(38)33-24-19-26-27(20-25(24)31-23)36(18-7-17-35-16-6-9-29(35)37)28(32-26)15-12-21-10-13-22(14-11-21)34(2)3/h10-15,19-20H,4-9,16-18H2,1-3H3,(H,33,38)/b15-12+. The number of hydrogen-bond donors (Lipinski definition) is 1. The number of hydrogen-bond acceptors (Lipinski definition) is 5. The summed E-state index contributed by atoms with van der Waals surface area (Å²) in [5, 5.41) is 0. The molecule has 0 bridgehead atoms. The van der Waals surface area contributed by atoms with Crippen molar-refractivity contribution in [2.24, 2.45) is 0 Å². The first kappa shape index (κ1) is 25.7. The highest BCUT2D eigenvalue weighted by atomic mass is 16.2. The van der Waals surface area contributed by atoms with Crippen LogP contribution in [0.4, 0.5) is 5.69 Å². The molecule has 3 heterocycles. The summed E-state index contributed by atoms with van der Waals surface area (Å²) in [4.78, 5) is 41.4. The molecule has 2 aromatic carbocycles. The van der Waals surface area contributed by atoms with Crippen molar-refractivity contribution < 1.29 is 4.79 Å². The van der Waals surface area contributed by atoms with Gasteiger partial charge in [0.05, 0.1) is 22.1 Å². The number of aromatic nitrogens is 4. The zero-order valence-electron chi connectivity index (χ0n) is 22.5. The first-order chi connectivity index (χ1) is 18.4. The van der Waals surface area contributed by atoms with E-state index in [1.165, 1.54) is 0 Å². The van der Waals surface area contributed by atoms with Crippen molar-refractivity contribution in [3.05, 3.63) is 63.8 Å². The van der Waals surface area contributed by atoms with Crippen LogP contribution in [0.15, 0.2) is 41.2 Å². The van der Waals surface area contributed by atoms with Gasteiger partial charge in [-0.3, -0.25) is 9.59 Å². The Morgan fingerprint density at radius 1 is 1.00 bits per heavy atom.